The predicted octanol–water partition coefficient (Wildman–Crippen LogP) is 2.74. The summed E-state index contributed by atoms with van der Waals surface area (Å²) < 4.78 is 0. The van der Waals surface area contributed by atoms with Gasteiger partial charge in [-0.05, 0) is 37.1 Å². The Morgan fingerprint density at radius 3 is 2.71 bits per heavy atom. The Labute approximate surface area is 145 Å². The van der Waals surface area contributed by atoms with Gasteiger partial charge in [-0.25, -0.2) is 9.78 Å². The number of benzene rings is 1. The van der Waals surface area contributed by atoms with Crippen LogP contribution in [0.1, 0.15) is 32.7 Å². The number of hydrogen-bond donors (Lipinski definition) is 3. The van der Waals surface area contributed by atoms with E-state index in [2.05, 4.69) is 27.9 Å². The Bertz CT molecular complexity index is 727. The van der Waals surface area contributed by atoms with E-state index in [1.165, 1.54) is 4.88 Å². The van der Waals surface area contributed by atoms with E-state index in [1.54, 1.807) is 36.6 Å². The Morgan fingerprint density at radius 1 is 1.29 bits per heavy atom. The normalized spacial score (nSPS) is 10.3. The lowest BCUT2D eigenvalue weighted by Gasteiger charge is -2.10. The molecule has 0 unspecified atom stereocenters. The maximum Gasteiger partial charge on any atom is 0.319 e. The standard InChI is InChI=1S/C17H22N4O2S/c1-4-13-10-20-15(24-13)7-8-19-17(23)21-14-6-5-12(9-11(14)2)16(22)18-3/h5-6,9-10H,4,7-8H2,1-3H3,(H,18,22)(H2,19,21,23). The van der Waals surface area contributed by atoms with Gasteiger partial charge in [0.2, 0.25) is 0 Å². The first kappa shape index (κ1) is 17.9. The largest absolute Gasteiger partial charge is 0.355 e. The number of rotatable bonds is 6. The average Bonchev–Trinajstić information content (AvgIpc) is 3.04. The van der Waals surface area contributed by atoms with Crippen molar-refractivity contribution in [2.45, 2.75) is 26.7 Å². The molecule has 0 radical (unpaired) electrons. The Morgan fingerprint density at radius 2 is 2.08 bits per heavy atom. The lowest BCUT2D eigenvalue weighted by atomic mass is 10.1. The highest BCUT2D eigenvalue weighted by atomic mass is 32.1. The summed E-state index contributed by atoms with van der Waals surface area (Å²) in [5.41, 5.74) is 2.08. The summed E-state index contributed by atoms with van der Waals surface area (Å²) in [7, 11) is 1.59. The number of nitrogens with one attached hydrogen (secondary N) is 3. The molecule has 128 valence electrons. The molecule has 24 heavy (non-hydrogen) atoms. The number of urea groups is 1. The smallest absolute Gasteiger partial charge is 0.319 e. The first-order chi connectivity index (χ1) is 11.5. The molecule has 3 amide bonds. The van der Waals surface area contributed by atoms with Gasteiger partial charge in [-0.1, -0.05) is 6.92 Å². The molecular weight excluding hydrogens is 324 g/mol. The minimum atomic E-state index is -0.266. The third kappa shape index (κ3) is 4.79. The van der Waals surface area contributed by atoms with Crippen molar-refractivity contribution < 1.29 is 9.59 Å². The third-order valence-corrected chi connectivity index (χ3v) is 4.74. The quantitative estimate of drug-likeness (QED) is 0.752. The number of carbonyl (C=O) groups is 2. The van der Waals surface area contributed by atoms with E-state index in [0.29, 0.717) is 24.2 Å². The number of thiazole rings is 1. The van der Waals surface area contributed by atoms with E-state index >= 15 is 0 Å². The van der Waals surface area contributed by atoms with Crippen LogP contribution in [-0.2, 0) is 12.8 Å². The summed E-state index contributed by atoms with van der Waals surface area (Å²) in [5, 5.41) is 9.22. The minimum Gasteiger partial charge on any atom is -0.355 e. The second-order valence-corrected chi connectivity index (χ2v) is 6.51. The summed E-state index contributed by atoms with van der Waals surface area (Å²) >= 11 is 1.68. The van der Waals surface area contributed by atoms with Crippen molar-refractivity contribution in [3.8, 4) is 0 Å². The van der Waals surface area contributed by atoms with E-state index in [1.807, 2.05) is 13.1 Å². The van der Waals surface area contributed by atoms with E-state index < -0.39 is 0 Å². The van der Waals surface area contributed by atoms with Gasteiger partial charge in [0.1, 0.15) is 0 Å². The number of carbonyl (C=O) groups excluding carboxylic acids is 2. The molecule has 0 saturated carbocycles. The zero-order chi connectivity index (χ0) is 17.5. The van der Waals surface area contributed by atoms with Crippen LogP contribution in [0.15, 0.2) is 24.4 Å². The van der Waals surface area contributed by atoms with Gasteiger partial charge in [-0.2, -0.15) is 0 Å². The summed E-state index contributed by atoms with van der Waals surface area (Å²) in [6, 6.07) is 4.89. The van der Waals surface area contributed by atoms with E-state index in [4.69, 9.17) is 0 Å². The molecule has 0 aliphatic rings. The highest BCUT2D eigenvalue weighted by molar-refractivity contribution is 7.11. The number of anilines is 1. The molecular formula is C17H22N4O2S. The van der Waals surface area contributed by atoms with Crippen LogP contribution < -0.4 is 16.0 Å². The van der Waals surface area contributed by atoms with Crippen LogP contribution in [0.5, 0.6) is 0 Å². The summed E-state index contributed by atoms with van der Waals surface area (Å²) in [6.07, 6.45) is 3.58. The zero-order valence-electron chi connectivity index (χ0n) is 14.1. The molecule has 0 bridgehead atoms. The summed E-state index contributed by atoms with van der Waals surface area (Å²) in [5.74, 6) is -0.149. The van der Waals surface area contributed by atoms with E-state index in [9.17, 15) is 9.59 Å². The molecule has 0 spiro atoms. The lowest BCUT2D eigenvalue weighted by Crippen LogP contribution is -2.30. The zero-order valence-corrected chi connectivity index (χ0v) is 14.9. The number of amides is 3. The van der Waals surface area contributed by atoms with Crippen LogP contribution >= 0.6 is 11.3 Å². The topological polar surface area (TPSA) is 83.1 Å². The van der Waals surface area contributed by atoms with Crippen LogP contribution in [0.2, 0.25) is 0 Å². The molecule has 0 atom stereocenters. The number of nitrogens with zero attached hydrogens (tertiary/aromatic N) is 1. The molecule has 0 aliphatic carbocycles. The van der Waals surface area contributed by atoms with Crippen LogP contribution in [0.3, 0.4) is 0 Å². The van der Waals surface area contributed by atoms with Crippen LogP contribution in [-0.4, -0.2) is 30.5 Å². The molecule has 0 saturated heterocycles. The van der Waals surface area contributed by atoms with Gasteiger partial charge in [0, 0.05) is 42.3 Å². The van der Waals surface area contributed by atoms with Crippen molar-refractivity contribution in [3.05, 3.63) is 45.4 Å². The van der Waals surface area contributed by atoms with Crippen molar-refractivity contribution in [1.29, 1.82) is 0 Å². The van der Waals surface area contributed by atoms with Gasteiger partial charge in [-0.3, -0.25) is 4.79 Å². The van der Waals surface area contributed by atoms with Crippen molar-refractivity contribution >= 4 is 29.0 Å². The van der Waals surface area contributed by atoms with Crippen LogP contribution in [0.25, 0.3) is 0 Å². The molecule has 7 heteroatoms. The van der Waals surface area contributed by atoms with Gasteiger partial charge in [-0.15, -0.1) is 11.3 Å². The van der Waals surface area contributed by atoms with Crippen molar-refractivity contribution in [2.75, 3.05) is 18.9 Å². The first-order valence-corrected chi connectivity index (χ1v) is 8.66. The summed E-state index contributed by atoms with van der Waals surface area (Å²) in [6.45, 7) is 4.47. The highest BCUT2D eigenvalue weighted by Crippen LogP contribution is 2.16. The third-order valence-electron chi connectivity index (χ3n) is 3.54. The fourth-order valence-corrected chi connectivity index (χ4v) is 3.03. The van der Waals surface area contributed by atoms with E-state index in [0.717, 1.165) is 17.0 Å². The fraction of sp³-hybridized carbons (Fsp3) is 0.353. The lowest BCUT2D eigenvalue weighted by molar-refractivity contribution is 0.0963. The maximum absolute atomic E-state index is 12.0. The van der Waals surface area contributed by atoms with Crippen LogP contribution in [0, 0.1) is 6.92 Å². The fourth-order valence-electron chi connectivity index (χ4n) is 2.17. The van der Waals surface area contributed by atoms with Gasteiger partial charge in [0.05, 0.1) is 5.01 Å². The number of aryl methyl sites for hydroxylation is 2. The molecule has 0 aliphatic heterocycles. The van der Waals surface area contributed by atoms with E-state index in [-0.39, 0.29) is 11.9 Å². The highest BCUT2D eigenvalue weighted by Gasteiger charge is 2.08. The van der Waals surface area contributed by atoms with Gasteiger partial charge >= 0.3 is 6.03 Å². The molecule has 0 fully saturated rings. The van der Waals surface area contributed by atoms with Gasteiger partial charge < -0.3 is 16.0 Å². The van der Waals surface area contributed by atoms with Crippen LogP contribution in [0.4, 0.5) is 10.5 Å². The second-order valence-electron chi connectivity index (χ2n) is 5.31. The summed E-state index contributed by atoms with van der Waals surface area (Å²) in [4.78, 5) is 29.1. The maximum atomic E-state index is 12.0. The van der Waals surface area contributed by atoms with Crippen molar-refractivity contribution in [1.82, 2.24) is 15.6 Å². The predicted molar refractivity (Wildman–Crippen MR) is 96.8 cm³/mol. The Kier molecular flexibility index (Phi) is 6.31. The molecule has 2 aromatic rings. The Balaban J connectivity index is 1.84. The number of aromatic nitrogens is 1. The molecule has 1 aromatic carbocycles. The molecule has 3 N–H and O–H groups in total. The monoisotopic (exact) mass is 346 g/mol. The van der Waals surface area contributed by atoms with Gasteiger partial charge in [0.25, 0.3) is 5.91 Å². The van der Waals surface area contributed by atoms with Crippen molar-refractivity contribution in [2.24, 2.45) is 0 Å². The molecule has 1 aromatic heterocycles. The first-order valence-electron chi connectivity index (χ1n) is 7.84. The Hall–Kier alpha value is -2.41. The van der Waals surface area contributed by atoms with Gasteiger partial charge in [0.15, 0.2) is 0 Å². The molecule has 6 nitrogen and oxygen atoms in total. The van der Waals surface area contributed by atoms with Crippen molar-refractivity contribution in [3.63, 3.8) is 0 Å². The minimum absolute atomic E-state index is 0.149. The number of hydrogen-bond acceptors (Lipinski definition) is 4. The SMILES string of the molecule is CCc1cnc(CCNC(=O)Nc2ccc(C(=O)NC)cc2C)s1. The second kappa shape index (κ2) is 8.44. The molecule has 1 heterocycles. The molecule has 2 rings (SSSR count). The average molecular weight is 346 g/mol.